The number of amides is 1. The molecule has 2 rings (SSSR count). The molecule has 1 aromatic carbocycles. The summed E-state index contributed by atoms with van der Waals surface area (Å²) >= 11 is 0. The first-order valence-electron chi connectivity index (χ1n) is 6.00. The maximum atomic E-state index is 13.2. The van der Waals surface area contributed by atoms with Gasteiger partial charge >= 0.3 is 6.18 Å². The van der Waals surface area contributed by atoms with Crippen LogP contribution < -0.4 is 0 Å². The van der Waals surface area contributed by atoms with Crippen molar-refractivity contribution in [2.45, 2.75) is 25.1 Å². The van der Waals surface area contributed by atoms with Gasteiger partial charge in [0.1, 0.15) is 17.9 Å². The van der Waals surface area contributed by atoms with Crippen LogP contribution in [0.1, 0.15) is 23.2 Å². The second kappa shape index (κ2) is 5.30. The lowest BCUT2D eigenvalue weighted by Gasteiger charge is -2.23. The largest absolute Gasteiger partial charge is 0.406 e. The molecule has 0 saturated heterocycles. The number of nitro benzene ring substituents is 1. The zero-order valence-corrected chi connectivity index (χ0v) is 10.6. The lowest BCUT2D eigenvalue weighted by atomic mass is 10.1. The van der Waals surface area contributed by atoms with Gasteiger partial charge in [0, 0.05) is 12.1 Å². The van der Waals surface area contributed by atoms with Gasteiger partial charge in [-0.15, -0.1) is 0 Å². The second-order valence-electron chi connectivity index (χ2n) is 4.70. The first kappa shape index (κ1) is 15.2. The number of alkyl halides is 3. The molecule has 5 nitrogen and oxygen atoms in total. The van der Waals surface area contributed by atoms with Gasteiger partial charge in [-0.05, 0) is 25.0 Å². The topological polar surface area (TPSA) is 63.4 Å². The maximum Gasteiger partial charge on any atom is 0.406 e. The Morgan fingerprint density at radius 2 is 2.00 bits per heavy atom. The highest BCUT2D eigenvalue weighted by Gasteiger charge is 2.42. The first-order valence-corrected chi connectivity index (χ1v) is 6.00. The number of carbonyl (C=O) groups excluding carboxylic acids is 1. The molecule has 114 valence electrons. The van der Waals surface area contributed by atoms with Crippen LogP contribution in [0.4, 0.5) is 23.2 Å². The molecule has 1 aromatic rings. The number of hydrogen-bond donors (Lipinski definition) is 0. The summed E-state index contributed by atoms with van der Waals surface area (Å²) in [5.74, 6) is -2.10. The molecule has 0 N–H and O–H groups in total. The molecule has 0 aliphatic heterocycles. The third-order valence-corrected chi connectivity index (χ3v) is 2.98. The van der Waals surface area contributed by atoms with Crippen molar-refractivity contribution in [3.8, 4) is 0 Å². The Labute approximate surface area is 116 Å². The minimum Gasteiger partial charge on any atom is -0.326 e. The Morgan fingerprint density at radius 1 is 1.38 bits per heavy atom. The molecule has 21 heavy (non-hydrogen) atoms. The predicted octanol–water partition coefficient (Wildman–Crippen LogP) is 2.90. The summed E-state index contributed by atoms with van der Waals surface area (Å²) in [5.41, 5.74) is -1.38. The van der Waals surface area contributed by atoms with E-state index in [0.717, 1.165) is 12.1 Å². The van der Waals surface area contributed by atoms with Crippen LogP contribution in [0.25, 0.3) is 0 Å². The molecule has 0 radical (unpaired) electrons. The van der Waals surface area contributed by atoms with E-state index in [1.165, 1.54) is 0 Å². The Morgan fingerprint density at radius 3 is 2.48 bits per heavy atom. The molecule has 0 spiro atoms. The number of nitrogens with zero attached hydrogens (tertiary/aromatic N) is 2. The van der Waals surface area contributed by atoms with E-state index in [1.54, 1.807) is 0 Å². The maximum absolute atomic E-state index is 13.2. The molecule has 1 saturated carbocycles. The van der Waals surface area contributed by atoms with Gasteiger partial charge in [0.15, 0.2) is 0 Å². The van der Waals surface area contributed by atoms with E-state index in [9.17, 15) is 32.5 Å². The van der Waals surface area contributed by atoms with E-state index < -0.39 is 46.7 Å². The number of halogens is 4. The Bertz CT molecular complexity index is 584. The van der Waals surface area contributed by atoms with E-state index >= 15 is 0 Å². The first-order chi connectivity index (χ1) is 9.69. The molecule has 0 bridgehead atoms. The molecule has 0 heterocycles. The number of hydrogen-bond acceptors (Lipinski definition) is 3. The van der Waals surface area contributed by atoms with E-state index in [2.05, 4.69) is 0 Å². The molecule has 0 atom stereocenters. The van der Waals surface area contributed by atoms with Crippen LogP contribution in [0.2, 0.25) is 0 Å². The van der Waals surface area contributed by atoms with Crippen LogP contribution in [0, 0.1) is 15.9 Å². The van der Waals surface area contributed by atoms with Gasteiger partial charge in [-0.1, -0.05) is 0 Å². The molecule has 0 unspecified atom stereocenters. The van der Waals surface area contributed by atoms with Crippen molar-refractivity contribution in [2.24, 2.45) is 0 Å². The van der Waals surface area contributed by atoms with Gasteiger partial charge in [0.05, 0.1) is 4.92 Å². The monoisotopic (exact) mass is 306 g/mol. The predicted molar refractivity (Wildman–Crippen MR) is 63.2 cm³/mol. The Kier molecular flexibility index (Phi) is 3.84. The van der Waals surface area contributed by atoms with Crippen molar-refractivity contribution in [1.29, 1.82) is 0 Å². The van der Waals surface area contributed by atoms with Gasteiger partial charge in [0.25, 0.3) is 11.6 Å². The second-order valence-corrected chi connectivity index (χ2v) is 4.70. The molecular formula is C12H10F4N2O3. The van der Waals surface area contributed by atoms with Crippen LogP contribution in [0.15, 0.2) is 18.2 Å². The summed E-state index contributed by atoms with van der Waals surface area (Å²) in [5, 5.41) is 10.8. The van der Waals surface area contributed by atoms with Crippen molar-refractivity contribution in [1.82, 2.24) is 4.90 Å². The number of nitro groups is 1. The third kappa shape index (κ3) is 3.67. The summed E-state index contributed by atoms with van der Waals surface area (Å²) in [4.78, 5) is 22.5. The lowest BCUT2D eigenvalue weighted by Crippen LogP contribution is -2.40. The fourth-order valence-electron chi connectivity index (χ4n) is 1.94. The SMILES string of the molecule is O=C(c1cc(F)ccc1[N+](=O)[O-])N(CC(F)(F)F)C1CC1. The van der Waals surface area contributed by atoms with Gasteiger partial charge in [0.2, 0.25) is 0 Å². The summed E-state index contributed by atoms with van der Waals surface area (Å²) in [6, 6.07) is 1.52. The van der Waals surface area contributed by atoms with Crippen molar-refractivity contribution >= 4 is 11.6 Å². The van der Waals surface area contributed by atoms with Gasteiger partial charge in [-0.3, -0.25) is 14.9 Å². The molecule has 0 aromatic heterocycles. The smallest absolute Gasteiger partial charge is 0.326 e. The van der Waals surface area contributed by atoms with Crippen molar-refractivity contribution < 1.29 is 27.3 Å². The number of carbonyl (C=O) groups is 1. The molecule has 1 aliphatic carbocycles. The fraction of sp³-hybridized carbons (Fsp3) is 0.417. The Hall–Kier alpha value is -2.19. The fourth-order valence-corrected chi connectivity index (χ4v) is 1.94. The summed E-state index contributed by atoms with van der Waals surface area (Å²) in [6.07, 6.45) is -3.84. The van der Waals surface area contributed by atoms with E-state index in [0.29, 0.717) is 23.8 Å². The average Bonchev–Trinajstić information content (AvgIpc) is 3.17. The standard InChI is InChI=1S/C12H10F4N2O3/c13-7-1-4-10(18(20)21)9(5-7)11(19)17(8-2-3-8)6-12(14,15)16/h1,4-5,8H,2-3,6H2. The van der Waals surface area contributed by atoms with Gasteiger partial charge in [-0.25, -0.2) is 4.39 Å². The van der Waals surface area contributed by atoms with Crippen LogP contribution >= 0.6 is 0 Å². The van der Waals surface area contributed by atoms with Crippen LogP contribution in [0.3, 0.4) is 0 Å². The molecule has 1 amide bonds. The van der Waals surface area contributed by atoms with Crippen molar-refractivity contribution in [3.05, 3.63) is 39.7 Å². The zero-order chi connectivity index (χ0) is 15.8. The molecule has 9 heteroatoms. The number of rotatable bonds is 4. The van der Waals surface area contributed by atoms with Crippen LogP contribution in [0.5, 0.6) is 0 Å². The van der Waals surface area contributed by atoms with Crippen molar-refractivity contribution in [3.63, 3.8) is 0 Å². The quantitative estimate of drug-likeness (QED) is 0.488. The van der Waals surface area contributed by atoms with E-state index in [1.807, 2.05) is 0 Å². The third-order valence-electron chi connectivity index (χ3n) is 2.98. The Balaban J connectivity index is 2.37. The molecule has 1 fully saturated rings. The van der Waals surface area contributed by atoms with Crippen LogP contribution in [-0.4, -0.2) is 34.5 Å². The number of benzene rings is 1. The average molecular weight is 306 g/mol. The summed E-state index contributed by atoms with van der Waals surface area (Å²) in [6.45, 7) is -1.51. The highest BCUT2D eigenvalue weighted by atomic mass is 19.4. The summed E-state index contributed by atoms with van der Waals surface area (Å²) < 4.78 is 50.7. The van der Waals surface area contributed by atoms with E-state index in [4.69, 9.17) is 0 Å². The minimum absolute atomic E-state index is 0.394. The van der Waals surface area contributed by atoms with Gasteiger partial charge < -0.3 is 4.90 Å². The van der Waals surface area contributed by atoms with E-state index in [-0.39, 0.29) is 0 Å². The molecular weight excluding hydrogens is 296 g/mol. The highest BCUT2D eigenvalue weighted by Crippen LogP contribution is 2.33. The summed E-state index contributed by atoms with van der Waals surface area (Å²) in [7, 11) is 0. The normalized spacial score (nSPS) is 14.9. The zero-order valence-electron chi connectivity index (χ0n) is 10.6. The van der Waals surface area contributed by atoms with Crippen molar-refractivity contribution in [2.75, 3.05) is 6.54 Å². The molecule has 1 aliphatic rings. The van der Waals surface area contributed by atoms with Crippen LogP contribution in [-0.2, 0) is 0 Å². The minimum atomic E-state index is -4.62. The highest BCUT2D eigenvalue weighted by molar-refractivity contribution is 5.98. The van der Waals surface area contributed by atoms with Gasteiger partial charge in [-0.2, -0.15) is 13.2 Å². The lowest BCUT2D eigenvalue weighted by molar-refractivity contribution is -0.385.